The van der Waals surface area contributed by atoms with Gasteiger partial charge in [0, 0.05) is 24.4 Å². The van der Waals surface area contributed by atoms with Crippen molar-refractivity contribution in [2.45, 2.75) is 23.9 Å². The molecule has 39 heavy (non-hydrogen) atoms. The number of fused-ring (bicyclic) bond motifs is 1. The van der Waals surface area contributed by atoms with Crippen LogP contribution in [0.15, 0.2) is 95.0 Å². The smallest absolute Gasteiger partial charge is 0.262 e. The fraction of sp³-hybridized carbons (Fsp3) is 0.172. The van der Waals surface area contributed by atoms with Gasteiger partial charge in [-0.1, -0.05) is 54.2 Å². The second-order valence-corrected chi connectivity index (χ2v) is 9.61. The largest absolute Gasteiger partial charge is 0.493 e. The molecule has 2 N–H and O–H groups in total. The fourth-order valence-corrected chi connectivity index (χ4v) is 4.86. The highest BCUT2D eigenvalue weighted by Gasteiger charge is 2.14. The van der Waals surface area contributed by atoms with E-state index >= 15 is 0 Å². The van der Waals surface area contributed by atoms with Gasteiger partial charge in [-0.2, -0.15) is 4.98 Å². The van der Waals surface area contributed by atoms with Gasteiger partial charge in [-0.15, -0.1) is 0 Å². The first-order chi connectivity index (χ1) is 19.0. The van der Waals surface area contributed by atoms with Crippen molar-refractivity contribution >= 4 is 28.6 Å². The third-order valence-electron chi connectivity index (χ3n) is 5.79. The molecular formula is C29H26FN5O3S. The van der Waals surface area contributed by atoms with E-state index in [1.165, 1.54) is 30.1 Å². The van der Waals surface area contributed by atoms with Gasteiger partial charge in [0.15, 0.2) is 5.16 Å². The summed E-state index contributed by atoms with van der Waals surface area (Å²) >= 11 is 1.40. The molecular weight excluding hydrogens is 517 g/mol. The Bertz CT molecular complexity index is 1630. The van der Waals surface area contributed by atoms with E-state index in [0.717, 1.165) is 11.1 Å². The lowest BCUT2D eigenvalue weighted by Gasteiger charge is -2.14. The van der Waals surface area contributed by atoms with Gasteiger partial charge in [0.05, 0.1) is 30.7 Å². The van der Waals surface area contributed by atoms with Crippen molar-refractivity contribution in [3.63, 3.8) is 0 Å². The summed E-state index contributed by atoms with van der Waals surface area (Å²) in [5.74, 6) is 1.32. The average molecular weight is 544 g/mol. The van der Waals surface area contributed by atoms with Crippen LogP contribution in [0, 0.1) is 5.82 Å². The summed E-state index contributed by atoms with van der Waals surface area (Å²) in [6.45, 7) is 1.14. The van der Waals surface area contributed by atoms with Gasteiger partial charge in [-0.3, -0.25) is 9.36 Å². The normalized spacial score (nSPS) is 11.0. The Morgan fingerprint density at radius 2 is 1.72 bits per heavy atom. The van der Waals surface area contributed by atoms with Crippen LogP contribution in [-0.4, -0.2) is 32.7 Å². The van der Waals surface area contributed by atoms with Crippen LogP contribution in [0.3, 0.4) is 0 Å². The zero-order valence-electron chi connectivity index (χ0n) is 21.0. The quantitative estimate of drug-likeness (QED) is 0.139. The summed E-state index contributed by atoms with van der Waals surface area (Å²) in [6.07, 6.45) is 2.14. The molecule has 0 atom stereocenters. The highest BCUT2D eigenvalue weighted by atomic mass is 32.2. The predicted octanol–water partition coefficient (Wildman–Crippen LogP) is 5.10. The molecule has 0 radical (unpaired) electrons. The summed E-state index contributed by atoms with van der Waals surface area (Å²) in [7, 11) is 0. The van der Waals surface area contributed by atoms with E-state index in [-0.39, 0.29) is 17.3 Å². The van der Waals surface area contributed by atoms with Gasteiger partial charge < -0.3 is 15.2 Å². The first kappa shape index (κ1) is 26.2. The maximum atomic E-state index is 13.7. The van der Waals surface area contributed by atoms with Crippen LogP contribution >= 0.6 is 11.8 Å². The number of anilines is 1. The zero-order valence-corrected chi connectivity index (χ0v) is 21.8. The van der Waals surface area contributed by atoms with Crippen molar-refractivity contribution < 1.29 is 13.9 Å². The molecule has 10 heteroatoms. The van der Waals surface area contributed by atoms with Gasteiger partial charge in [-0.25, -0.2) is 14.4 Å². The van der Waals surface area contributed by atoms with Gasteiger partial charge in [0.25, 0.3) is 5.56 Å². The number of ether oxygens (including phenoxy) is 2. The molecule has 0 amide bonds. The first-order valence-electron chi connectivity index (χ1n) is 12.3. The standard InChI is InChI=1S/C29H26FN5O3S/c30-22-9-4-8-21(16-22)19-39-29-33-25-11-10-23(37-14-5-15-38-26-12-13-32-28(31)34-26)17-24(25)27(36)35(29)18-20-6-2-1-3-7-20/h1-4,6-13,16-17H,5,14-15,18-19H2,(H2,31,32,34). The van der Waals surface area contributed by atoms with Crippen LogP contribution in [0.4, 0.5) is 10.3 Å². The van der Waals surface area contributed by atoms with Gasteiger partial charge in [0.2, 0.25) is 11.8 Å². The van der Waals surface area contributed by atoms with Crippen LogP contribution in [0.2, 0.25) is 0 Å². The minimum absolute atomic E-state index is 0.155. The summed E-state index contributed by atoms with van der Waals surface area (Å²) in [5, 5.41) is 1.03. The van der Waals surface area contributed by atoms with E-state index in [0.29, 0.717) is 59.6 Å². The van der Waals surface area contributed by atoms with Gasteiger partial charge in [0.1, 0.15) is 11.6 Å². The Labute approximate surface area is 228 Å². The Balaban J connectivity index is 1.33. The number of nitrogens with zero attached hydrogens (tertiary/aromatic N) is 4. The topological polar surface area (TPSA) is 105 Å². The molecule has 0 aliphatic carbocycles. The second-order valence-electron chi connectivity index (χ2n) is 8.67. The highest BCUT2D eigenvalue weighted by Crippen LogP contribution is 2.25. The van der Waals surface area contributed by atoms with E-state index in [1.54, 1.807) is 34.9 Å². The Morgan fingerprint density at radius 3 is 2.54 bits per heavy atom. The van der Waals surface area contributed by atoms with Crippen LogP contribution in [-0.2, 0) is 12.3 Å². The Hall–Kier alpha value is -4.44. The fourth-order valence-electron chi connectivity index (χ4n) is 3.92. The molecule has 0 aliphatic heterocycles. The molecule has 3 aromatic carbocycles. The zero-order chi connectivity index (χ0) is 27.0. The molecule has 2 heterocycles. The summed E-state index contributed by atoms with van der Waals surface area (Å²) in [4.78, 5) is 26.3. The molecule has 5 aromatic rings. The minimum atomic E-state index is -0.293. The maximum Gasteiger partial charge on any atom is 0.262 e. The molecule has 0 aliphatic rings. The minimum Gasteiger partial charge on any atom is -0.493 e. The number of hydrogen-bond donors (Lipinski definition) is 1. The number of halogens is 1. The molecule has 0 spiro atoms. The molecule has 0 saturated heterocycles. The average Bonchev–Trinajstić information content (AvgIpc) is 2.94. The predicted molar refractivity (Wildman–Crippen MR) is 150 cm³/mol. The number of nitrogens with two attached hydrogens (primary N) is 1. The Morgan fingerprint density at radius 1 is 0.897 bits per heavy atom. The number of hydrogen-bond acceptors (Lipinski definition) is 8. The highest BCUT2D eigenvalue weighted by molar-refractivity contribution is 7.98. The van der Waals surface area contributed by atoms with Crippen LogP contribution < -0.4 is 20.8 Å². The molecule has 8 nitrogen and oxygen atoms in total. The summed E-state index contributed by atoms with van der Waals surface area (Å²) in [6, 6.07) is 23.1. The van der Waals surface area contributed by atoms with Crippen LogP contribution in [0.1, 0.15) is 17.5 Å². The summed E-state index contributed by atoms with van der Waals surface area (Å²) in [5.41, 5.74) is 7.76. The number of benzene rings is 3. The van der Waals surface area contributed by atoms with Crippen molar-refractivity contribution in [2.24, 2.45) is 0 Å². The monoisotopic (exact) mass is 543 g/mol. The van der Waals surface area contributed by atoms with Crippen molar-refractivity contribution in [3.05, 3.63) is 112 Å². The van der Waals surface area contributed by atoms with E-state index < -0.39 is 0 Å². The molecule has 2 aromatic heterocycles. The van der Waals surface area contributed by atoms with E-state index in [4.69, 9.17) is 20.2 Å². The SMILES string of the molecule is Nc1nccc(OCCCOc2ccc3nc(SCc4cccc(F)c4)n(Cc4ccccc4)c(=O)c3c2)n1. The Kier molecular flexibility index (Phi) is 8.33. The van der Waals surface area contributed by atoms with Gasteiger partial charge in [-0.05, 0) is 41.5 Å². The second kappa shape index (κ2) is 12.4. The molecule has 5 rings (SSSR count). The van der Waals surface area contributed by atoms with Crippen molar-refractivity contribution in [3.8, 4) is 11.6 Å². The number of aromatic nitrogens is 4. The van der Waals surface area contributed by atoms with Gasteiger partial charge >= 0.3 is 0 Å². The van der Waals surface area contributed by atoms with E-state index in [9.17, 15) is 9.18 Å². The lowest BCUT2D eigenvalue weighted by Crippen LogP contribution is -2.24. The molecule has 0 saturated carbocycles. The van der Waals surface area contributed by atoms with E-state index in [2.05, 4.69) is 9.97 Å². The van der Waals surface area contributed by atoms with Crippen molar-refractivity contribution in [1.82, 2.24) is 19.5 Å². The first-order valence-corrected chi connectivity index (χ1v) is 13.3. The van der Waals surface area contributed by atoms with Crippen molar-refractivity contribution in [1.29, 1.82) is 0 Å². The third-order valence-corrected chi connectivity index (χ3v) is 6.83. The summed E-state index contributed by atoms with van der Waals surface area (Å²) < 4.78 is 26.8. The molecule has 0 unspecified atom stereocenters. The third kappa shape index (κ3) is 6.91. The van der Waals surface area contributed by atoms with Crippen molar-refractivity contribution in [2.75, 3.05) is 18.9 Å². The molecule has 198 valence electrons. The number of nitrogen functional groups attached to an aromatic ring is 1. The molecule has 0 bridgehead atoms. The van der Waals surface area contributed by atoms with Crippen LogP contribution in [0.25, 0.3) is 10.9 Å². The maximum absolute atomic E-state index is 13.7. The lowest BCUT2D eigenvalue weighted by atomic mass is 10.2. The number of thioether (sulfide) groups is 1. The van der Waals surface area contributed by atoms with E-state index in [1.807, 2.05) is 36.4 Å². The van der Waals surface area contributed by atoms with Crippen LogP contribution in [0.5, 0.6) is 11.6 Å². The number of rotatable bonds is 11. The molecule has 0 fully saturated rings. The lowest BCUT2D eigenvalue weighted by molar-refractivity contribution is 0.242.